The van der Waals surface area contributed by atoms with Crippen LogP contribution in [0, 0.1) is 6.92 Å². The van der Waals surface area contributed by atoms with Gasteiger partial charge in [-0.3, -0.25) is 9.69 Å². The van der Waals surface area contributed by atoms with Gasteiger partial charge in [0.1, 0.15) is 0 Å². The van der Waals surface area contributed by atoms with E-state index in [1.165, 1.54) is 11.1 Å². The van der Waals surface area contributed by atoms with Gasteiger partial charge in [-0.05, 0) is 32.0 Å². The number of nitrogens with zero attached hydrogens (tertiary/aromatic N) is 2. The fraction of sp³-hybridized carbons (Fsp3) is 0.562. The van der Waals surface area contributed by atoms with Gasteiger partial charge in [-0.2, -0.15) is 0 Å². The molecular formula is C16H25N3O. The van der Waals surface area contributed by atoms with Gasteiger partial charge in [0.25, 0.3) is 0 Å². The maximum absolute atomic E-state index is 12.5. The minimum Gasteiger partial charge on any atom is -0.339 e. The number of aryl methyl sites for hydroxylation is 1. The van der Waals surface area contributed by atoms with Crippen molar-refractivity contribution >= 4 is 5.91 Å². The topological polar surface area (TPSA) is 35.6 Å². The lowest BCUT2D eigenvalue weighted by Crippen LogP contribution is -2.52. The van der Waals surface area contributed by atoms with Gasteiger partial charge >= 0.3 is 0 Å². The lowest BCUT2D eigenvalue weighted by Gasteiger charge is -2.33. The largest absolute Gasteiger partial charge is 0.339 e. The molecule has 1 fully saturated rings. The summed E-state index contributed by atoms with van der Waals surface area (Å²) in [5.74, 6) is 0.239. The molecule has 20 heavy (non-hydrogen) atoms. The number of nitrogens with one attached hydrogen (secondary N) is 1. The molecule has 1 aromatic rings. The van der Waals surface area contributed by atoms with Gasteiger partial charge in [-0.1, -0.05) is 24.3 Å². The molecule has 1 aliphatic heterocycles. The van der Waals surface area contributed by atoms with Crippen molar-refractivity contribution in [1.82, 2.24) is 15.1 Å². The molecule has 0 saturated carbocycles. The average Bonchev–Trinajstić information content (AvgIpc) is 2.49. The molecule has 1 aromatic carbocycles. The van der Waals surface area contributed by atoms with Crippen molar-refractivity contribution in [3.8, 4) is 0 Å². The Balaban J connectivity index is 1.95. The van der Waals surface area contributed by atoms with Gasteiger partial charge in [0.05, 0.1) is 6.04 Å². The molecular weight excluding hydrogens is 250 g/mol. The highest BCUT2D eigenvalue weighted by molar-refractivity contribution is 5.81. The monoisotopic (exact) mass is 275 g/mol. The van der Waals surface area contributed by atoms with Crippen LogP contribution in [-0.4, -0.2) is 55.0 Å². The first kappa shape index (κ1) is 15.0. The van der Waals surface area contributed by atoms with Crippen molar-refractivity contribution < 1.29 is 4.79 Å². The SMILES string of the molecule is Cc1ccccc1CN(C)C(C)C(=O)N1CCNCC1. The van der Waals surface area contributed by atoms with Gasteiger partial charge in [0.2, 0.25) is 5.91 Å². The molecule has 0 aromatic heterocycles. The van der Waals surface area contributed by atoms with Crippen molar-refractivity contribution in [2.45, 2.75) is 26.4 Å². The first-order chi connectivity index (χ1) is 9.59. The van der Waals surface area contributed by atoms with Crippen LogP contribution >= 0.6 is 0 Å². The van der Waals surface area contributed by atoms with E-state index in [4.69, 9.17) is 0 Å². The zero-order valence-electron chi connectivity index (χ0n) is 12.7. The van der Waals surface area contributed by atoms with Gasteiger partial charge in [-0.15, -0.1) is 0 Å². The van der Waals surface area contributed by atoms with Gasteiger partial charge in [0.15, 0.2) is 0 Å². The van der Waals surface area contributed by atoms with Crippen LogP contribution in [0.3, 0.4) is 0 Å². The molecule has 1 amide bonds. The number of carbonyl (C=O) groups excluding carboxylic acids is 1. The minimum absolute atomic E-state index is 0.0762. The number of carbonyl (C=O) groups is 1. The molecule has 1 atom stereocenters. The summed E-state index contributed by atoms with van der Waals surface area (Å²) in [5.41, 5.74) is 2.57. The molecule has 4 nitrogen and oxygen atoms in total. The highest BCUT2D eigenvalue weighted by Crippen LogP contribution is 2.12. The summed E-state index contributed by atoms with van der Waals surface area (Å²) in [6, 6.07) is 8.28. The normalized spacial score (nSPS) is 17.3. The van der Waals surface area contributed by atoms with Gasteiger partial charge in [-0.25, -0.2) is 0 Å². The van der Waals surface area contributed by atoms with E-state index < -0.39 is 0 Å². The van der Waals surface area contributed by atoms with E-state index in [9.17, 15) is 4.79 Å². The molecule has 2 rings (SSSR count). The quantitative estimate of drug-likeness (QED) is 0.898. The summed E-state index contributed by atoms with van der Waals surface area (Å²) < 4.78 is 0. The maximum atomic E-state index is 12.5. The van der Waals surface area contributed by atoms with E-state index in [2.05, 4.69) is 35.3 Å². The van der Waals surface area contributed by atoms with Crippen LogP contribution in [0.15, 0.2) is 24.3 Å². The Kier molecular flexibility index (Phi) is 5.15. The van der Waals surface area contributed by atoms with Crippen molar-refractivity contribution in [2.24, 2.45) is 0 Å². The number of hydrogen-bond donors (Lipinski definition) is 1. The van der Waals surface area contributed by atoms with Crippen LogP contribution in [0.2, 0.25) is 0 Å². The van der Waals surface area contributed by atoms with Crippen LogP contribution < -0.4 is 5.32 Å². The van der Waals surface area contributed by atoms with Crippen LogP contribution in [0.5, 0.6) is 0 Å². The summed E-state index contributed by atoms with van der Waals surface area (Å²) in [4.78, 5) is 16.6. The van der Waals surface area contributed by atoms with Crippen LogP contribution in [-0.2, 0) is 11.3 Å². The molecule has 1 unspecified atom stereocenters. The number of benzene rings is 1. The number of amides is 1. The zero-order chi connectivity index (χ0) is 14.5. The third-order valence-electron chi connectivity index (χ3n) is 4.13. The summed E-state index contributed by atoms with van der Waals surface area (Å²) in [6.45, 7) is 8.38. The molecule has 4 heteroatoms. The molecule has 0 spiro atoms. The maximum Gasteiger partial charge on any atom is 0.239 e. The lowest BCUT2D eigenvalue weighted by molar-refractivity contribution is -0.136. The Hall–Kier alpha value is -1.39. The predicted molar refractivity (Wildman–Crippen MR) is 81.6 cm³/mol. The lowest BCUT2D eigenvalue weighted by atomic mass is 10.1. The molecule has 1 aliphatic rings. The Morgan fingerprint density at radius 1 is 1.35 bits per heavy atom. The average molecular weight is 275 g/mol. The summed E-state index contributed by atoms with van der Waals surface area (Å²) in [5, 5.41) is 3.28. The Bertz CT molecular complexity index is 455. The van der Waals surface area contributed by atoms with Crippen molar-refractivity contribution in [1.29, 1.82) is 0 Å². The van der Waals surface area contributed by atoms with Gasteiger partial charge < -0.3 is 10.2 Å². The molecule has 1 saturated heterocycles. The fourth-order valence-electron chi connectivity index (χ4n) is 2.53. The number of rotatable bonds is 4. The summed E-state index contributed by atoms with van der Waals surface area (Å²) >= 11 is 0. The summed E-state index contributed by atoms with van der Waals surface area (Å²) in [7, 11) is 2.03. The molecule has 1 N–H and O–H groups in total. The molecule has 0 aliphatic carbocycles. The molecule has 0 bridgehead atoms. The number of piperazine rings is 1. The van der Waals surface area contributed by atoms with Gasteiger partial charge in [0, 0.05) is 32.7 Å². The van der Waals surface area contributed by atoms with E-state index in [1.54, 1.807) is 0 Å². The Labute approximate surface area is 121 Å². The second kappa shape index (κ2) is 6.86. The summed E-state index contributed by atoms with van der Waals surface area (Å²) in [6.07, 6.45) is 0. The second-order valence-electron chi connectivity index (χ2n) is 5.59. The first-order valence-corrected chi connectivity index (χ1v) is 7.34. The third-order valence-corrected chi connectivity index (χ3v) is 4.13. The third kappa shape index (κ3) is 3.58. The standard InChI is InChI=1S/C16H25N3O/c1-13-6-4-5-7-15(13)12-18(3)14(2)16(20)19-10-8-17-9-11-19/h4-7,14,17H,8-12H2,1-3H3. The minimum atomic E-state index is -0.0762. The predicted octanol–water partition coefficient (Wildman–Crippen LogP) is 1.25. The second-order valence-corrected chi connectivity index (χ2v) is 5.59. The van der Waals surface area contributed by atoms with Crippen molar-refractivity contribution in [2.75, 3.05) is 33.2 Å². The molecule has 1 heterocycles. The van der Waals surface area contributed by atoms with Crippen molar-refractivity contribution in [3.63, 3.8) is 0 Å². The molecule has 110 valence electrons. The van der Waals surface area contributed by atoms with E-state index in [0.29, 0.717) is 0 Å². The first-order valence-electron chi connectivity index (χ1n) is 7.34. The highest BCUT2D eigenvalue weighted by atomic mass is 16.2. The number of likely N-dealkylation sites (N-methyl/N-ethyl adjacent to an activating group) is 1. The van der Waals surface area contributed by atoms with Crippen LogP contribution in [0.25, 0.3) is 0 Å². The van der Waals surface area contributed by atoms with Crippen molar-refractivity contribution in [3.05, 3.63) is 35.4 Å². The number of hydrogen-bond acceptors (Lipinski definition) is 3. The Morgan fingerprint density at radius 2 is 2.00 bits per heavy atom. The fourth-order valence-corrected chi connectivity index (χ4v) is 2.53. The zero-order valence-corrected chi connectivity index (χ0v) is 12.7. The van der Waals surface area contributed by atoms with E-state index >= 15 is 0 Å². The molecule has 0 radical (unpaired) electrons. The smallest absolute Gasteiger partial charge is 0.239 e. The van der Waals surface area contributed by atoms with Crippen LogP contribution in [0.4, 0.5) is 0 Å². The van der Waals surface area contributed by atoms with E-state index in [-0.39, 0.29) is 11.9 Å². The van der Waals surface area contributed by atoms with Crippen LogP contribution in [0.1, 0.15) is 18.1 Å². The van der Waals surface area contributed by atoms with E-state index in [0.717, 1.165) is 32.7 Å². The Morgan fingerprint density at radius 3 is 2.65 bits per heavy atom. The highest BCUT2D eigenvalue weighted by Gasteiger charge is 2.24. The van der Waals surface area contributed by atoms with E-state index in [1.807, 2.05) is 24.9 Å².